The highest BCUT2D eigenvalue weighted by Gasteiger charge is 2.29. The van der Waals surface area contributed by atoms with Gasteiger partial charge in [0, 0.05) is 26.1 Å². The maximum Gasteiger partial charge on any atom is 0.138 e. The average molecular weight is 240 g/mol. The second-order valence-electron chi connectivity index (χ2n) is 4.61. The maximum atomic E-state index is 5.55. The fourth-order valence-corrected chi connectivity index (χ4v) is 1.85. The maximum absolute atomic E-state index is 5.55. The zero-order chi connectivity index (χ0) is 12.9. The van der Waals surface area contributed by atoms with Crippen LogP contribution in [0.25, 0.3) is 0 Å². The van der Waals surface area contributed by atoms with E-state index in [0.717, 1.165) is 25.3 Å². The summed E-state index contributed by atoms with van der Waals surface area (Å²) in [5.74, 6) is 1.00. The molecule has 0 amide bonds. The fraction of sp³-hybridized carbons (Fsp3) is 0.833. The molecule has 0 aliphatic heterocycles. The topological polar surface area (TPSA) is 52.0 Å². The molecule has 1 heterocycles. The van der Waals surface area contributed by atoms with E-state index in [2.05, 4.69) is 43.1 Å². The van der Waals surface area contributed by atoms with Gasteiger partial charge in [-0.15, -0.1) is 0 Å². The van der Waals surface area contributed by atoms with Crippen molar-refractivity contribution in [1.29, 1.82) is 0 Å². The Labute approximate surface area is 104 Å². The summed E-state index contributed by atoms with van der Waals surface area (Å²) < 4.78 is 7.48. The van der Waals surface area contributed by atoms with Crippen molar-refractivity contribution >= 4 is 0 Å². The fourth-order valence-electron chi connectivity index (χ4n) is 1.85. The van der Waals surface area contributed by atoms with Gasteiger partial charge in [-0.1, -0.05) is 6.92 Å². The number of hydrogen-bond acceptors (Lipinski definition) is 4. The monoisotopic (exact) mass is 240 g/mol. The van der Waals surface area contributed by atoms with Crippen molar-refractivity contribution in [2.45, 2.75) is 52.3 Å². The molecule has 98 valence electrons. The van der Waals surface area contributed by atoms with Gasteiger partial charge in [-0.05, 0) is 27.3 Å². The van der Waals surface area contributed by atoms with Crippen LogP contribution in [0.15, 0.2) is 6.33 Å². The van der Waals surface area contributed by atoms with Crippen LogP contribution in [0.4, 0.5) is 0 Å². The molecule has 0 saturated heterocycles. The standard InChI is InChI=1S/C12H24N4O/c1-6-13-10(12(3,4)17-5)8-11-14-9-15-16(11)7-2/h9-10,13H,6-8H2,1-5H3. The Balaban J connectivity index is 2.80. The molecule has 0 spiro atoms. The lowest BCUT2D eigenvalue weighted by atomic mass is 9.95. The zero-order valence-corrected chi connectivity index (χ0v) is 11.5. The minimum atomic E-state index is -0.222. The summed E-state index contributed by atoms with van der Waals surface area (Å²) in [6.07, 6.45) is 2.43. The molecular weight excluding hydrogens is 216 g/mol. The van der Waals surface area contributed by atoms with Crippen molar-refractivity contribution < 1.29 is 4.74 Å². The van der Waals surface area contributed by atoms with Crippen molar-refractivity contribution in [1.82, 2.24) is 20.1 Å². The predicted octanol–water partition coefficient (Wildman–Crippen LogP) is 1.24. The molecule has 0 radical (unpaired) electrons. The molecule has 17 heavy (non-hydrogen) atoms. The highest BCUT2D eigenvalue weighted by Crippen LogP contribution is 2.17. The molecule has 1 unspecified atom stereocenters. The Morgan fingerprint density at radius 3 is 2.71 bits per heavy atom. The van der Waals surface area contributed by atoms with Gasteiger partial charge in [-0.25, -0.2) is 4.98 Å². The van der Waals surface area contributed by atoms with E-state index in [1.807, 2.05) is 4.68 Å². The normalized spacial score (nSPS) is 13.9. The largest absolute Gasteiger partial charge is 0.377 e. The van der Waals surface area contributed by atoms with E-state index in [9.17, 15) is 0 Å². The summed E-state index contributed by atoms with van der Waals surface area (Å²) in [4.78, 5) is 4.31. The molecular formula is C12H24N4O. The minimum Gasteiger partial charge on any atom is -0.377 e. The van der Waals surface area contributed by atoms with Gasteiger partial charge >= 0.3 is 0 Å². The lowest BCUT2D eigenvalue weighted by molar-refractivity contribution is -0.0104. The molecule has 1 aromatic heterocycles. The highest BCUT2D eigenvalue weighted by molar-refractivity contribution is 4.96. The predicted molar refractivity (Wildman–Crippen MR) is 68.0 cm³/mol. The zero-order valence-electron chi connectivity index (χ0n) is 11.5. The first-order valence-electron chi connectivity index (χ1n) is 6.20. The molecule has 1 aromatic rings. The third-order valence-corrected chi connectivity index (χ3v) is 3.20. The molecule has 0 bridgehead atoms. The third-order valence-electron chi connectivity index (χ3n) is 3.20. The lowest BCUT2D eigenvalue weighted by Crippen LogP contribution is -2.49. The number of methoxy groups -OCH3 is 1. The van der Waals surface area contributed by atoms with Crippen LogP contribution in [-0.2, 0) is 17.7 Å². The van der Waals surface area contributed by atoms with Crippen LogP contribution in [0.3, 0.4) is 0 Å². The van der Waals surface area contributed by atoms with Gasteiger partial charge in [0.15, 0.2) is 0 Å². The first-order valence-corrected chi connectivity index (χ1v) is 6.20. The second kappa shape index (κ2) is 6.12. The number of aromatic nitrogens is 3. The van der Waals surface area contributed by atoms with Crippen LogP contribution in [0.2, 0.25) is 0 Å². The van der Waals surface area contributed by atoms with Gasteiger partial charge in [0.25, 0.3) is 0 Å². The van der Waals surface area contributed by atoms with Gasteiger partial charge in [-0.3, -0.25) is 4.68 Å². The second-order valence-corrected chi connectivity index (χ2v) is 4.61. The number of rotatable bonds is 7. The van der Waals surface area contributed by atoms with Gasteiger partial charge < -0.3 is 10.1 Å². The number of ether oxygens (including phenoxy) is 1. The average Bonchev–Trinajstić information content (AvgIpc) is 2.75. The van der Waals surface area contributed by atoms with Crippen molar-refractivity contribution in [2.75, 3.05) is 13.7 Å². The van der Waals surface area contributed by atoms with Crippen LogP contribution >= 0.6 is 0 Å². The van der Waals surface area contributed by atoms with Gasteiger partial charge in [-0.2, -0.15) is 5.10 Å². The summed E-state index contributed by atoms with van der Waals surface area (Å²) in [6.45, 7) is 10.1. The molecule has 5 heteroatoms. The van der Waals surface area contributed by atoms with Gasteiger partial charge in [0.1, 0.15) is 12.2 Å². The molecule has 0 saturated carbocycles. The molecule has 0 aliphatic rings. The minimum absolute atomic E-state index is 0.222. The summed E-state index contributed by atoms with van der Waals surface area (Å²) in [5.41, 5.74) is -0.222. The summed E-state index contributed by atoms with van der Waals surface area (Å²) in [7, 11) is 1.74. The molecule has 1 N–H and O–H groups in total. The first kappa shape index (κ1) is 14.1. The Morgan fingerprint density at radius 2 is 2.18 bits per heavy atom. The Kier molecular flexibility index (Phi) is 5.08. The smallest absolute Gasteiger partial charge is 0.138 e. The summed E-state index contributed by atoms with van der Waals surface area (Å²) in [5, 5.41) is 7.65. The first-order chi connectivity index (χ1) is 8.05. The van der Waals surface area contributed by atoms with Crippen LogP contribution < -0.4 is 5.32 Å². The lowest BCUT2D eigenvalue weighted by Gasteiger charge is -2.33. The van der Waals surface area contributed by atoms with Crippen LogP contribution in [0, 0.1) is 0 Å². The van der Waals surface area contributed by atoms with E-state index >= 15 is 0 Å². The number of aryl methyl sites for hydroxylation is 1. The van der Waals surface area contributed by atoms with E-state index in [1.165, 1.54) is 0 Å². The SMILES string of the molecule is CCNC(Cc1ncnn1CC)C(C)(C)OC. The van der Waals surface area contributed by atoms with Crippen molar-refractivity contribution in [2.24, 2.45) is 0 Å². The number of nitrogens with one attached hydrogen (secondary N) is 1. The van der Waals surface area contributed by atoms with Crippen molar-refractivity contribution in [3.05, 3.63) is 12.2 Å². The van der Waals surface area contributed by atoms with Gasteiger partial charge in [0.2, 0.25) is 0 Å². The molecule has 1 rings (SSSR count). The quantitative estimate of drug-likeness (QED) is 0.779. The third kappa shape index (κ3) is 3.51. The molecule has 0 aromatic carbocycles. The van der Waals surface area contributed by atoms with E-state index in [-0.39, 0.29) is 11.6 Å². The van der Waals surface area contributed by atoms with Gasteiger partial charge in [0.05, 0.1) is 5.60 Å². The van der Waals surface area contributed by atoms with Crippen LogP contribution in [0.1, 0.15) is 33.5 Å². The van der Waals surface area contributed by atoms with Crippen LogP contribution in [-0.4, -0.2) is 40.1 Å². The van der Waals surface area contributed by atoms with E-state index in [1.54, 1.807) is 13.4 Å². The Morgan fingerprint density at radius 1 is 1.47 bits per heavy atom. The number of hydrogen-bond donors (Lipinski definition) is 1. The molecule has 0 aliphatic carbocycles. The summed E-state index contributed by atoms with van der Waals surface area (Å²) in [6, 6.07) is 0.229. The number of likely N-dealkylation sites (N-methyl/N-ethyl adjacent to an activating group) is 1. The van der Waals surface area contributed by atoms with Crippen molar-refractivity contribution in [3.63, 3.8) is 0 Å². The highest BCUT2D eigenvalue weighted by atomic mass is 16.5. The summed E-state index contributed by atoms with van der Waals surface area (Å²) >= 11 is 0. The molecule has 5 nitrogen and oxygen atoms in total. The van der Waals surface area contributed by atoms with E-state index < -0.39 is 0 Å². The Hall–Kier alpha value is -0.940. The molecule has 0 fully saturated rings. The van der Waals surface area contributed by atoms with Crippen LogP contribution in [0.5, 0.6) is 0 Å². The van der Waals surface area contributed by atoms with E-state index in [4.69, 9.17) is 4.74 Å². The number of nitrogens with zero attached hydrogens (tertiary/aromatic N) is 3. The molecule has 1 atom stereocenters. The van der Waals surface area contributed by atoms with E-state index in [0.29, 0.717) is 0 Å². The van der Waals surface area contributed by atoms with Crippen molar-refractivity contribution in [3.8, 4) is 0 Å². The Bertz CT molecular complexity index is 335.